The minimum atomic E-state index is -3.56. The van der Waals surface area contributed by atoms with Gasteiger partial charge in [-0.3, -0.25) is 0 Å². The molecule has 1 N–H and O–H groups in total. The molecule has 0 spiro atoms. The smallest absolute Gasteiger partial charge is 0.252 e. The normalized spacial score (nSPS) is 16.0. The fourth-order valence-electron chi connectivity index (χ4n) is 2.22. The molecule has 0 saturated heterocycles. The van der Waals surface area contributed by atoms with E-state index in [1.54, 1.807) is 12.1 Å². The first-order valence-corrected chi connectivity index (χ1v) is 8.77. The van der Waals surface area contributed by atoms with Crippen molar-refractivity contribution in [1.29, 1.82) is 0 Å². The molecule has 0 saturated carbocycles. The molecule has 1 aromatic carbocycles. The summed E-state index contributed by atoms with van der Waals surface area (Å²) >= 11 is 1.10. The van der Waals surface area contributed by atoms with Gasteiger partial charge in [0.2, 0.25) is 0 Å². The van der Waals surface area contributed by atoms with Gasteiger partial charge in [0.1, 0.15) is 16.6 Å². The molecule has 5 nitrogen and oxygen atoms in total. The number of rotatable bonds is 3. The van der Waals surface area contributed by atoms with Gasteiger partial charge in [-0.25, -0.2) is 8.42 Å². The number of sulfonamides is 1. The van der Waals surface area contributed by atoms with Gasteiger partial charge in [0.05, 0.1) is 6.61 Å². The predicted molar refractivity (Wildman–Crippen MR) is 79.8 cm³/mol. The number of nitrogens with zero attached hydrogens (tertiary/aromatic N) is 1. The lowest BCUT2D eigenvalue weighted by molar-refractivity contribution is 0.285. The minimum Gasteiger partial charge on any atom is -0.492 e. The summed E-state index contributed by atoms with van der Waals surface area (Å²) in [5.41, 5.74) is 0.859. The number of hydrogen-bond donors (Lipinski definition) is 1. The molecule has 0 fully saturated rings. The maximum atomic E-state index is 12.7. The molecular weight excluding hydrogens is 310 g/mol. The van der Waals surface area contributed by atoms with Crippen LogP contribution < -0.4 is 4.74 Å². The highest BCUT2D eigenvalue weighted by Gasteiger charge is 2.28. The molecule has 1 aliphatic heterocycles. The van der Waals surface area contributed by atoms with Gasteiger partial charge in [0.25, 0.3) is 10.0 Å². The number of aliphatic hydroxyl groups excluding tert-OH is 1. The van der Waals surface area contributed by atoms with Crippen molar-refractivity contribution in [2.24, 2.45) is 0 Å². The Balaban J connectivity index is 1.92. The standard InChI is InChI=1S/C14H15NO4S2/c16-10-12-5-6-14(20-12)21(17,18)15-7-8-19-13-4-2-1-3-11(13)9-15/h1-6,16H,7-10H2. The van der Waals surface area contributed by atoms with Gasteiger partial charge in [-0.1, -0.05) is 18.2 Å². The lowest BCUT2D eigenvalue weighted by Crippen LogP contribution is -2.32. The van der Waals surface area contributed by atoms with Crippen LogP contribution in [0, 0.1) is 0 Å². The van der Waals surface area contributed by atoms with E-state index in [9.17, 15) is 8.42 Å². The van der Waals surface area contributed by atoms with Crippen molar-refractivity contribution >= 4 is 21.4 Å². The van der Waals surface area contributed by atoms with E-state index in [4.69, 9.17) is 9.84 Å². The van der Waals surface area contributed by atoms with E-state index in [1.165, 1.54) is 4.31 Å². The third-order valence-electron chi connectivity index (χ3n) is 3.30. The van der Waals surface area contributed by atoms with Crippen LogP contribution in [-0.4, -0.2) is 31.0 Å². The quantitative estimate of drug-likeness (QED) is 0.935. The maximum Gasteiger partial charge on any atom is 0.252 e. The summed E-state index contributed by atoms with van der Waals surface area (Å²) in [5, 5.41) is 9.08. The number of ether oxygens (including phenoxy) is 1. The van der Waals surface area contributed by atoms with Gasteiger partial charge in [-0.05, 0) is 18.2 Å². The third kappa shape index (κ3) is 2.82. The lowest BCUT2D eigenvalue weighted by Gasteiger charge is -2.18. The largest absolute Gasteiger partial charge is 0.492 e. The maximum absolute atomic E-state index is 12.7. The molecule has 0 bridgehead atoms. The van der Waals surface area contributed by atoms with Crippen LogP contribution in [0.2, 0.25) is 0 Å². The summed E-state index contributed by atoms with van der Waals surface area (Å²) in [6, 6.07) is 10.6. The fraction of sp³-hybridized carbons (Fsp3) is 0.286. The molecule has 21 heavy (non-hydrogen) atoms. The Labute approximate surface area is 127 Å². The Hall–Kier alpha value is -1.41. The molecule has 0 amide bonds. The average molecular weight is 325 g/mol. The summed E-state index contributed by atoms with van der Waals surface area (Å²) in [6.45, 7) is 0.787. The molecular formula is C14H15NO4S2. The first-order chi connectivity index (χ1) is 10.1. The number of benzene rings is 1. The van der Waals surface area contributed by atoms with Crippen LogP contribution in [0.25, 0.3) is 0 Å². The molecule has 0 atom stereocenters. The number of para-hydroxylation sites is 1. The number of fused-ring (bicyclic) bond motifs is 1. The summed E-state index contributed by atoms with van der Waals surface area (Å²) in [7, 11) is -3.56. The van der Waals surface area contributed by atoms with Gasteiger partial charge in [0, 0.05) is 23.5 Å². The van der Waals surface area contributed by atoms with Crippen molar-refractivity contribution in [2.45, 2.75) is 17.4 Å². The molecule has 2 heterocycles. The van der Waals surface area contributed by atoms with Crippen molar-refractivity contribution in [3.05, 3.63) is 46.8 Å². The fourth-order valence-corrected chi connectivity index (χ4v) is 4.99. The minimum absolute atomic E-state index is 0.147. The Bertz CT molecular complexity index is 739. The SMILES string of the molecule is O=S(=O)(c1ccc(CO)s1)N1CCOc2ccccc2C1. The Morgan fingerprint density at radius 3 is 2.81 bits per heavy atom. The van der Waals surface area contributed by atoms with Crippen LogP contribution in [0.1, 0.15) is 10.4 Å². The highest BCUT2D eigenvalue weighted by molar-refractivity contribution is 7.91. The van der Waals surface area contributed by atoms with Crippen molar-refractivity contribution in [2.75, 3.05) is 13.2 Å². The summed E-state index contributed by atoms with van der Waals surface area (Å²) < 4.78 is 32.6. The Morgan fingerprint density at radius 2 is 2.05 bits per heavy atom. The molecule has 1 aliphatic rings. The molecule has 0 radical (unpaired) electrons. The molecule has 7 heteroatoms. The molecule has 0 aliphatic carbocycles. The van der Waals surface area contributed by atoms with E-state index in [1.807, 2.05) is 24.3 Å². The lowest BCUT2D eigenvalue weighted by atomic mass is 10.2. The second-order valence-electron chi connectivity index (χ2n) is 4.67. The van der Waals surface area contributed by atoms with E-state index < -0.39 is 10.0 Å². The monoisotopic (exact) mass is 325 g/mol. The highest BCUT2D eigenvalue weighted by atomic mass is 32.2. The van der Waals surface area contributed by atoms with Crippen LogP contribution in [0.4, 0.5) is 0 Å². The number of aliphatic hydroxyl groups is 1. The van der Waals surface area contributed by atoms with Gasteiger partial charge < -0.3 is 9.84 Å². The van der Waals surface area contributed by atoms with E-state index in [0.29, 0.717) is 24.6 Å². The first kappa shape index (κ1) is 14.5. The van der Waals surface area contributed by atoms with Gasteiger partial charge >= 0.3 is 0 Å². The van der Waals surface area contributed by atoms with Crippen LogP contribution in [0.5, 0.6) is 5.75 Å². The number of thiophene rings is 1. The van der Waals surface area contributed by atoms with Gasteiger partial charge in [-0.2, -0.15) is 4.31 Å². The van der Waals surface area contributed by atoms with Crippen LogP contribution in [0.3, 0.4) is 0 Å². The molecule has 2 aromatic rings. The Morgan fingerprint density at radius 1 is 1.24 bits per heavy atom. The molecule has 1 aromatic heterocycles. The third-order valence-corrected chi connectivity index (χ3v) is 6.69. The predicted octanol–water partition coefficient (Wildman–Crippen LogP) is 1.82. The second-order valence-corrected chi connectivity index (χ2v) is 8.01. The van der Waals surface area contributed by atoms with E-state index in [0.717, 1.165) is 22.6 Å². The second kappa shape index (κ2) is 5.76. The van der Waals surface area contributed by atoms with E-state index in [-0.39, 0.29) is 10.8 Å². The summed E-state index contributed by atoms with van der Waals surface area (Å²) in [6.07, 6.45) is 0. The topological polar surface area (TPSA) is 66.8 Å². The summed E-state index contributed by atoms with van der Waals surface area (Å²) in [4.78, 5) is 0.639. The molecule has 0 unspecified atom stereocenters. The highest BCUT2D eigenvalue weighted by Crippen LogP contribution is 2.29. The van der Waals surface area contributed by atoms with Crippen molar-refractivity contribution in [1.82, 2.24) is 4.31 Å². The number of hydrogen-bond acceptors (Lipinski definition) is 5. The van der Waals surface area contributed by atoms with Gasteiger partial charge in [-0.15, -0.1) is 11.3 Å². The average Bonchev–Trinajstić information content (AvgIpc) is 2.87. The van der Waals surface area contributed by atoms with Crippen LogP contribution >= 0.6 is 11.3 Å². The summed E-state index contributed by atoms with van der Waals surface area (Å²) in [5.74, 6) is 0.734. The zero-order valence-corrected chi connectivity index (χ0v) is 12.9. The van der Waals surface area contributed by atoms with Crippen LogP contribution in [-0.2, 0) is 23.2 Å². The van der Waals surface area contributed by atoms with Crippen molar-refractivity contribution in [3.8, 4) is 5.75 Å². The van der Waals surface area contributed by atoms with Crippen molar-refractivity contribution in [3.63, 3.8) is 0 Å². The van der Waals surface area contributed by atoms with E-state index in [2.05, 4.69) is 0 Å². The molecule has 112 valence electrons. The zero-order chi connectivity index (χ0) is 14.9. The Kier molecular flexibility index (Phi) is 3.99. The van der Waals surface area contributed by atoms with E-state index >= 15 is 0 Å². The molecule has 3 rings (SSSR count). The van der Waals surface area contributed by atoms with Crippen molar-refractivity contribution < 1.29 is 18.3 Å². The van der Waals surface area contributed by atoms with Gasteiger partial charge in [0.15, 0.2) is 0 Å². The first-order valence-electron chi connectivity index (χ1n) is 6.51. The zero-order valence-electron chi connectivity index (χ0n) is 11.2. The van der Waals surface area contributed by atoms with Crippen LogP contribution in [0.15, 0.2) is 40.6 Å².